The van der Waals surface area contributed by atoms with Crippen LogP contribution in [0.25, 0.3) is 0 Å². The maximum Gasteiger partial charge on any atom is 0.240 e. The van der Waals surface area contributed by atoms with Gasteiger partial charge in [-0.2, -0.15) is 0 Å². The fourth-order valence-electron chi connectivity index (χ4n) is 3.58. The maximum absolute atomic E-state index is 12.7. The third-order valence-corrected chi connectivity index (χ3v) is 6.27. The van der Waals surface area contributed by atoms with Crippen LogP contribution in [0.5, 0.6) is 5.75 Å². The van der Waals surface area contributed by atoms with Crippen LogP contribution in [0.15, 0.2) is 29.2 Å². The quantitative estimate of drug-likeness (QED) is 0.811. The van der Waals surface area contributed by atoms with Crippen LogP contribution in [0.1, 0.15) is 33.1 Å². The van der Waals surface area contributed by atoms with E-state index in [0.29, 0.717) is 32.0 Å². The second-order valence-electron chi connectivity index (χ2n) is 6.16. The molecule has 3 unspecified atom stereocenters. The minimum atomic E-state index is -3.60. The molecule has 1 heterocycles. The lowest BCUT2D eigenvalue weighted by Gasteiger charge is -2.52. The summed E-state index contributed by atoms with van der Waals surface area (Å²) in [5.74, 6) is 0.659. The van der Waals surface area contributed by atoms with E-state index in [4.69, 9.17) is 14.2 Å². The first-order valence-corrected chi connectivity index (χ1v) is 10.0. The second-order valence-corrected chi connectivity index (χ2v) is 7.88. The highest BCUT2D eigenvalue weighted by Crippen LogP contribution is 2.46. The molecule has 1 aliphatic heterocycles. The molecule has 3 atom stereocenters. The zero-order valence-corrected chi connectivity index (χ0v) is 15.0. The zero-order valence-electron chi connectivity index (χ0n) is 14.2. The van der Waals surface area contributed by atoms with Gasteiger partial charge in [-0.15, -0.1) is 0 Å². The van der Waals surface area contributed by atoms with E-state index in [9.17, 15) is 8.42 Å². The summed E-state index contributed by atoms with van der Waals surface area (Å²) in [6.45, 7) is 5.64. The van der Waals surface area contributed by atoms with Crippen molar-refractivity contribution in [1.29, 1.82) is 0 Å². The number of rotatable bonds is 7. The van der Waals surface area contributed by atoms with Gasteiger partial charge in [0, 0.05) is 13.2 Å². The van der Waals surface area contributed by atoms with Gasteiger partial charge in [0.25, 0.3) is 0 Å². The average Bonchev–Trinajstić information content (AvgIpc) is 3.08. The summed E-state index contributed by atoms with van der Waals surface area (Å²) in [6.07, 6.45) is 2.38. The van der Waals surface area contributed by atoms with Crippen molar-refractivity contribution in [2.75, 3.05) is 19.8 Å². The van der Waals surface area contributed by atoms with E-state index in [1.54, 1.807) is 24.3 Å². The lowest BCUT2D eigenvalue weighted by molar-refractivity contribution is -0.193. The minimum Gasteiger partial charge on any atom is -0.494 e. The summed E-state index contributed by atoms with van der Waals surface area (Å²) in [4.78, 5) is 0.235. The molecule has 1 aromatic rings. The Morgan fingerprint density at radius 3 is 2.58 bits per heavy atom. The molecular formula is C17H25NO5S. The molecule has 2 aliphatic rings. The first-order valence-electron chi connectivity index (χ1n) is 8.52. The third kappa shape index (κ3) is 3.18. The molecule has 7 heteroatoms. The summed E-state index contributed by atoms with van der Waals surface area (Å²) in [5.41, 5.74) is -0.506. The van der Waals surface area contributed by atoms with Gasteiger partial charge in [-0.25, -0.2) is 13.1 Å². The number of hydrogen-bond donors (Lipinski definition) is 1. The summed E-state index contributed by atoms with van der Waals surface area (Å²) in [5, 5.41) is 0. The standard InChI is InChI=1S/C17H25NO5S/c1-3-21-13-6-8-14(9-7-13)24(19,20)18-15-12-16(22-4-2)17(15)10-5-11-23-17/h6-9,15-16,18H,3-5,10-12H2,1-2H3. The number of ether oxygens (including phenoxy) is 3. The fraction of sp³-hybridized carbons (Fsp3) is 0.647. The lowest BCUT2D eigenvalue weighted by Crippen LogP contribution is -2.69. The van der Waals surface area contributed by atoms with E-state index in [2.05, 4.69) is 4.72 Å². The lowest BCUT2D eigenvalue weighted by atomic mass is 9.70. The molecule has 1 saturated carbocycles. The Hall–Kier alpha value is -1.15. The van der Waals surface area contributed by atoms with Crippen molar-refractivity contribution in [1.82, 2.24) is 4.72 Å². The monoisotopic (exact) mass is 355 g/mol. The Balaban J connectivity index is 1.72. The number of nitrogens with one attached hydrogen (secondary N) is 1. The predicted octanol–water partition coefficient (Wildman–Crippen LogP) is 2.09. The van der Waals surface area contributed by atoms with Crippen molar-refractivity contribution < 1.29 is 22.6 Å². The van der Waals surface area contributed by atoms with Crippen molar-refractivity contribution in [3.63, 3.8) is 0 Å². The maximum atomic E-state index is 12.7. The molecule has 6 nitrogen and oxygen atoms in total. The van der Waals surface area contributed by atoms with Crippen LogP contribution in [0, 0.1) is 0 Å². The molecule has 2 fully saturated rings. The van der Waals surface area contributed by atoms with Gasteiger partial charge in [0.15, 0.2) is 0 Å². The average molecular weight is 355 g/mol. The molecule has 1 aliphatic carbocycles. The van der Waals surface area contributed by atoms with Crippen LogP contribution in [0.2, 0.25) is 0 Å². The molecule has 1 aromatic carbocycles. The number of hydrogen-bond acceptors (Lipinski definition) is 5. The van der Waals surface area contributed by atoms with Gasteiger partial charge in [0.2, 0.25) is 10.0 Å². The molecule has 1 spiro atoms. The van der Waals surface area contributed by atoms with Gasteiger partial charge < -0.3 is 14.2 Å². The summed E-state index contributed by atoms with van der Waals surface area (Å²) < 4.78 is 45.1. The Labute approximate surface area is 143 Å². The van der Waals surface area contributed by atoms with Crippen molar-refractivity contribution >= 4 is 10.0 Å². The van der Waals surface area contributed by atoms with Crippen LogP contribution in [-0.2, 0) is 19.5 Å². The Bertz CT molecular complexity index is 652. The van der Waals surface area contributed by atoms with Crippen LogP contribution >= 0.6 is 0 Å². The molecule has 1 N–H and O–H groups in total. The summed E-state index contributed by atoms with van der Waals surface area (Å²) >= 11 is 0. The van der Waals surface area contributed by atoms with Gasteiger partial charge in [-0.1, -0.05) is 0 Å². The predicted molar refractivity (Wildman–Crippen MR) is 89.7 cm³/mol. The fourth-order valence-corrected chi connectivity index (χ4v) is 4.88. The Kier molecular flexibility index (Phi) is 5.15. The van der Waals surface area contributed by atoms with E-state index in [1.807, 2.05) is 13.8 Å². The SMILES string of the molecule is CCOc1ccc(S(=O)(=O)NC2CC(OCC)C23CCCO3)cc1. The largest absolute Gasteiger partial charge is 0.494 e. The number of benzene rings is 1. The van der Waals surface area contributed by atoms with Gasteiger partial charge >= 0.3 is 0 Å². The minimum absolute atomic E-state index is 0.0296. The summed E-state index contributed by atoms with van der Waals surface area (Å²) in [6, 6.07) is 6.23. The van der Waals surface area contributed by atoms with Gasteiger partial charge in [0.1, 0.15) is 11.4 Å². The molecule has 134 valence electrons. The zero-order chi connectivity index (χ0) is 17.2. The molecule has 3 rings (SSSR count). The van der Waals surface area contributed by atoms with Crippen molar-refractivity contribution in [2.45, 2.75) is 55.8 Å². The normalized spacial score (nSPS) is 29.6. The molecule has 0 bridgehead atoms. The Morgan fingerprint density at radius 2 is 2.00 bits per heavy atom. The molecule has 0 radical (unpaired) electrons. The van der Waals surface area contributed by atoms with Crippen molar-refractivity contribution in [3.05, 3.63) is 24.3 Å². The molecule has 0 amide bonds. The highest BCUT2D eigenvalue weighted by atomic mass is 32.2. The second kappa shape index (κ2) is 7.00. The van der Waals surface area contributed by atoms with E-state index < -0.39 is 15.6 Å². The Morgan fingerprint density at radius 1 is 1.25 bits per heavy atom. The highest BCUT2D eigenvalue weighted by molar-refractivity contribution is 7.89. The topological polar surface area (TPSA) is 73.9 Å². The van der Waals surface area contributed by atoms with Crippen molar-refractivity contribution in [2.24, 2.45) is 0 Å². The van der Waals surface area contributed by atoms with Gasteiger partial charge in [-0.3, -0.25) is 0 Å². The first-order chi connectivity index (χ1) is 11.5. The highest BCUT2D eigenvalue weighted by Gasteiger charge is 2.59. The molecule has 0 aromatic heterocycles. The molecular weight excluding hydrogens is 330 g/mol. The van der Waals surface area contributed by atoms with Gasteiger partial charge in [-0.05, 0) is 57.4 Å². The summed E-state index contributed by atoms with van der Waals surface area (Å²) in [7, 11) is -3.60. The number of sulfonamides is 1. The van der Waals surface area contributed by atoms with Crippen LogP contribution < -0.4 is 9.46 Å². The van der Waals surface area contributed by atoms with Crippen LogP contribution in [0.3, 0.4) is 0 Å². The molecule has 24 heavy (non-hydrogen) atoms. The van der Waals surface area contributed by atoms with E-state index in [0.717, 1.165) is 12.8 Å². The van der Waals surface area contributed by atoms with Crippen LogP contribution in [-0.4, -0.2) is 46.0 Å². The van der Waals surface area contributed by atoms with E-state index in [1.165, 1.54) is 0 Å². The van der Waals surface area contributed by atoms with E-state index in [-0.39, 0.29) is 17.0 Å². The third-order valence-electron chi connectivity index (χ3n) is 4.78. The first kappa shape index (κ1) is 17.7. The van der Waals surface area contributed by atoms with Crippen LogP contribution in [0.4, 0.5) is 0 Å². The smallest absolute Gasteiger partial charge is 0.240 e. The van der Waals surface area contributed by atoms with Crippen molar-refractivity contribution in [3.8, 4) is 5.75 Å². The van der Waals surface area contributed by atoms with E-state index >= 15 is 0 Å². The van der Waals surface area contributed by atoms with Gasteiger partial charge in [0.05, 0.1) is 23.6 Å². The molecule has 1 saturated heterocycles.